The SMILES string of the molecule is CC/C=C\C/C=C\C/C=C\C/C=C\C/C=C\CCCCCCCC(=O)OC(COC(=O)CC/C=C\C/C=C\C/C=C\C/C=C\CC)COC(=O)CCCCCCCCCCCCCCCCCC/C=C\C/C=C\C/C=C\CCCCCCC. The highest BCUT2D eigenvalue weighted by atomic mass is 16.6. The summed E-state index contributed by atoms with van der Waals surface area (Å²) in [5.41, 5.74) is 0. The van der Waals surface area contributed by atoms with E-state index in [4.69, 9.17) is 14.2 Å². The Bertz CT molecular complexity index is 1800. The third kappa shape index (κ3) is 68.0. The highest BCUT2D eigenvalue weighted by molar-refractivity contribution is 5.71. The van der Waals surface area contributed by atoms with Gasteiger partial charge in [-0.05, 0) is 128 Å². The molecule has 0 heterocycles. The zero-order valence-corrected chi connectivity index (χ0v) is 53.9. The topological polar surface area (TPSA) is 78.9 Å². The quantitative estimate of drug-likeness (QED) is 0.0261. The van der Waals surface area contributed by atoms with Crippen LogP contribution in [0.5, 0.6) is 0 Å². The Morgan fingerprint density at radius 3 is 0.807 bits per heavy atom. The van der Waals surface area contributed by atoms with Gasteiger partial charge in [0.2, 0.25) is 0 Å². The van der Waals surface area contributed by atoms with Crippen molar-refractivity contribution >= 4 is 17.9 Å². The number of hydrogen-bond acceptors (Lipinski definition) is 6. The molecule has 0 saturated carbocycles. The lowest BCUT2D eigenvalue weighted by molar-refractivity contribution is -0.166. The van der Waals surface area contributed by atoms with Crippen molar-refractivity contribution in [3.05, 3.63) is 146 Å². The molecule has 0 aromatic carbocycles. The summed E-state index contributed by atoms with van der Waals surface area (Å²) < 4.78 is 16.9. The van der Waals surface area contributed by atoms with E-state index in [1.54, 1.807) is 0 Å². The lowest BCUT2D eigenvalue weighted by Crippen LogP contribution is -2.30. The summed E-state index contributed by atoms with van der Waals surface area (Å²) in [5.74, 6) is -1.01. The van der Waals surface area contributed by atoms with Gasteiger partial charge in [-0.3, -0.25) is 14.4 Å². The first-order valence-corrected chi connectivity index (χ1v) is 34.3. The van der Waals surface area contributed by atoms with E-state index in [-0.39, 0.29) is 44.0 Å². The molecular formula is C77H126O6. The van der Waals surface area contributed by atoms with Crippen molar-refractivity contribution in [3.8, 4) is 0 Å². The number of unbranched alkanes of at least 4 members (excludes halogenated alkanes) is 26. The normalized spacial score (nSPS) is 13.0. The van der Waals surface area contributed by atoms with Crippen LogP contribution in [0.1, 0.15) is 303 Å². The third-order valence-corrected chi connectivity index (χ3v) is 14.3. The second kappa shape index (κ2) is 69.8. The molecule has 0 aromatic rings. The Morgan fingerprint density at radius 2 is 0.494 bits per heavy atom. The number of hydrogen-bond donors (Lipinski definition) is 0. The van der Waals surface area contributed by atoms with Gasteiger partial charge in [0.05, 0.1) is 0 Å². The molecule has 83 heavy (non-hydrogen) atoms. The number of rotatable bonds is 61. The van der Waals surface area contributed by atoms with Crippen molar-refractivity contribution in [2.24, 2.45) is 0 Å². The maximum atomic E-state index is 12.9. The van der Waals surface area contributed by atoms with Gasteiger partial charge in [-0.2, -0.15) is 0 Å². The van der Waals surface area contributed by atoms with Gasteiger partial charge in [-0.25, -0.2) is 0 Å². The molecule has 0 amide bonds. The fraction of sp³-hybridized carbons (Fsp3) is 0.649. The largest absolute Gasteiger partial charge is 0.462 e. The molecule has 0 aromatic heterocycles. The van der Waals surface area contributed by atoms with Gasteiger partial charge in [0.25, 0.3) is 0 Å². The molecule has 6 nitrogen and oxygen atoms in total. The standard InChI is InChI=1S/C77H126O6/c1-4-7-10-13-16-19-22-25-27-29-31-33-34-35-36-37-38-39-40-41-42-44-45-47-49-52-55-58-61-64-67-70-76(79)82-73-74(72-81-75(78)69-66-63-60-57-54-51-24-21-18-15-12-9-6-3)83-77(80)71-68-65-62-59-56-53-50-48-46-43-32-30-28-26-23-20-17-14-11-8-5-2/h8-9,11-12,17-18,20-22,25-26,28-29,31-32,34-35,43,48,50-51,54,60,63,74H,4-7,10,13-16,19,23-24,27,30,33,36-42,44-47,49,52-53,55-59,61-62,64-73H2,1-3H3/b11-8-,12-9-,20-17-,21-18-,25-22-,28-26-,31-29-,35-34-,43-32-,50-48-,54-51-,63-60-. The van der Waals surface area contributed by atoms with Crippen LogP contribution in [0.25, 0.3) is 0 Å². The molecule has 0 aliphatic carbocycles. The minimum Gasteiger partial charge on any atom is -0.462 e. The Balaban J connectivity index is 4.31. The molecule has 470 valence electrons. The fourth-order valence-electron chi connectivity index (χ4n) is 9.26. The first-order valence-electron chi connectivity index (χ1n) is 34.3. The van der Waals surface area contributed by atoms with Crippen molar-refractivity contribution in [3.63, 3.8) is 0 Å². The van der Waals surface area contributed by atoms with Crippen LogP contribution < -0.4 is 0 Å². The molecule has 6 heteroatoms. The van der Waals surface area contributed by atoms with Crippen molar-refractivity contribution < 1.29 is 28.6 Å². The molecule has 0 bridgehead atoms. The van der Waals surface area contributed by atoms with Crippen LogP contribution in [0.15, 0.2) is 146 Å². The van der Waals surface area contributed by atoms with Gasteiger partial charge in [0.1, 0.15) is 13.2 Å². The molecule has 0 saturated heterocycles. The van der Waals surface area contributed by atoms with E-state index in [1.807, 2.05) is 6.08 Å². The van der Waals surface area contributed by atoms with Crippen LogP contribution in [-0.4, -0.2) is 37.2 Å². The summed E-state index contributed by atoms with van der Waals surface area (Å²) in [7, 11) is 0. The van der Waals surface area contributed by atoms with E-state index in [0.29, 0.717) is 12.8 Å². The number of carbonyl (C=O) groups is 3. The summed E-state index contributed by atoms with van der Waals surface area (Å²) >= 11 is 0. The van der Waals surface area contributed by atoms with Gasteiger partial charge in [0.15, 0.2) is 6.10 Å². The van der Waals surface area contributed by atoms with Crippen LogP contribution in [0.2, 0.25) is 0 Å². The van der Waals surface area contributed by atoms with Crippen molar-refractivity contribution in [1.29, 1.82) is 0 Å². The van der Waals surface area contributed by atoms with Crippen LogP contribution in [0.4, 0.5) is 0 Å². The summed E-state index contributed by atoms with van der Waals surface area (Å²) in [6.07, 6.45) is 100. The second-order valence-electron chi connectivity index (χ2n) is 22.3. The predicted octanol–water partition coefficient (Wildman–Crippen LogP) is 23.9. The van der Waals surface area contributed by atoms with Crippen LogP contribution in [0, 0.1) is 0 Å². The summed E-state index contributed by atoms with van der Waals surface area (Å²) in [6.45, 7) is 6.33. The molecule has 0 radical (unpaired) electrons. The summed E-state index contributed by atoms with van der Waals surface area (Å²) in [5, 5.41) is 0. The average Bonchev–Trinajstić information content (AvgIpc) is 3.49. The Kier molecular flexibility index (Phi) is 65.8. The minimum atomic E-state index is -0.824. The Hall–Kier alpha value is -4.71. The molecule has 1 unspecified atom stereocenters. The number of carbonyl (C=O) groups excluding carboxylic acids is 3. The molecule has 1 atom stereocenters. The monoisotopic (exact) mass is 1150 g/mol. The molecule has 0 aliphatic heterocycles. The maximum absolute atomic E-state index is 12.9. The van der Waals surface area contributed by atoms with Gasteiger partial charge in [0, 0.05) is 19.3 Å². The molecule has 0 aliphatic rings. The number of allylic oxidation sites excluding steroid dienone is 24. The van der Waals surface area contributed by atoms with E-state index >= 15 is 0 Å². The Labute approximate surface area is 512 Å². The Morgan fingerprint density at radius 1 is 0.253 bits per heavy atom. The van der Waals surface area contributed by atoms with E-state index in [2.05, 4.69) is 161 Å². The zero-order valence-electron chi connectivity index (χ0n) is 53.9. The van der Waals surface area contributed by atoms with Crippen LogP contribution in [-0.2, 0) is 28.6 Å². The first kappa shape index (κ1) is 78.3. The molecule has 0 spiro atoms. The van der Waals surface area contributed by atoms with E-state index in [9.17, 15) is 14.4 Å². The lowest BCUT2D eigenvalue weighted by atomic mass is 10.0. The molecule has 0 rings (SSSR count). The van der Waals surface area contributed by atoms with E-state index in [1.165, 1.54) is 128 Å². The van der Waals surface area contributed by atoms with Crippen molar-refractivity contribution in [2.45, 2.75) is 309 Å². The van der Waals surface area contributed by atoms with Gasteiger partial charge >= 0.3 is 17.9 Å². The average molecular weight is 1150 g/mol. The summed E-state index contributed by atoms with van der Waals surface area (Å²) in [6, 6.07) is 0. The predicted molar refractivity (Wildman–Crippen MR) is 362 cm³/mol. The van der Waals surface area contributed by atoms with Crippen LogP contribution in [0.3, 0.4) is 0 Å². The van der Waals surface area contributed by atoms with Gasteiger partial charge < -0.3 is 14.2 Å². The van der Waals surface area contributed by atoms with E-state index in [0.717, 1.165) is 128 Å². The second-order valence-corrected chi connectivity index (χ2v) is 22.3. The minimum absolute atomic E-state index is 0.112. The highest BCUT2D eigenvalue weighted by Crippen LogP contribution is 2.16. The van der Waals surface area contributed by atoms with Gasteiger partial charge in [-0.1, -0.05) is 301 Å². The summed E-state index contributed by atoms with van der Waals surface area (Å²) in [4.78, 5) is 38.3. The van der Waals surface area contributed by atoms with Crippen molar-refractivity contribution in [2.75, 3.05) is 13.2 Å². The molecular weight excluding hydrogens is 1020 g/mol. The smallest absolute Gasteiger partial charge is 0.306 e. The number of ether oxygens (including phenoxy) is 3. The van der Waals surface area contributed by atoms with Gasteiger partial charge in [-0.15, -0.1) is 0 Å². The van der Waals surface area contributed by atoms with E-state index < -0.39 is 6.10 Å². The van der Waals surface area contributed by atoms with Crippen LogP contribution >= 0.6 is 0 Å². The maximum Gasteiger partial charge on any atom is 0.306 e. The zero-order chi connectivity index (χ0) is 59.9. The third-order valence-electron chi connectivity index (χ3n) is 14.3. The molecule has 0 N–H and O–H groups in total. The van der Waals surface area contributed by atoms with Crippen molar-refractivity contribution in [1.82, 2.24) is 0 Å². The fourth-order valence-corrected chi connectivity index (χ4v) is 9.26. The highest BCUT2D eigenvalue weighted by Gasteiger charge is 2.19. The molecule has 0 fully saturated rings. The lowest BCUT2D eigenvalue weighted by Gasteiger charge is -2.18. The first-order chi connectivity index (χ1) is 41.0. The number of esters is 3.